The highest BCUT2D eigenvalue weighted by atomic mass is 35.5. The van der Waals surface area contributed by atoms with Crippen molar-refractivity contribution in [2.75, 3.05) is 0 Å². The van der Waals surface area contributed by atoms with E-state index in [0.717, 1.165) is 11.1 Å². The van der Waals surface area contributed by atoms with Crippen LogP contribution in [0.15, 0.2) is 59.5 Å². The van der Waals surface area contributed by atoms with E-state index in [2.05, 4.69) is 0 Å². The van der Waals surface area contributed by atoms with E-state index in [1.54, 1.807) is 36.4 Å². The second kappa shape index (κ2) is 5.55. The molecule has 0 heterocycles. The van der Waals surface area contributed by atoms with Crippen LogP contribution in [-0.2, 0) is 21.5 Å². The highest BCUT2D eigenvalue weighted by Crippen LogP contribution is 2.17. The highest BCUT2D eigenvalue weighted by molar-refractivity contribution is 7.90. The van der Waals surface area contributed by atoms with E-state index in [1.807, 2.05) is 18.2 Å². The van der Waals surface area contributed by atoms with Crippen molar-refractivity contribution in [2.45, 2.75) is 16.5 Å². The predicted molar refractivity (Wildman–Crippen MR) is 73.3 cm³/mol. The van der Waals surface area contributed by atoms with Gasteiger partial charge in [0, 0.05) is 5.88 Å². The Morgan fingerprint density at radius 1 is 0.889 bits per heavy atom. The van der Waals surface area contributed by atoms with E-state index in [1.165, 1.54) is 0 Å². The Hall–Kier alpha value is -1.32. The largest absolute Gasteiger partial charge is 0.223 e. The standard InChI is InChI=1S/C14H13ClO2S/c15-10-12-5-4-6-13(9-12)11-18(16,17)14-7-2-1-3-8-14/h1-9H,10-11H2. The molecule has 2 rings (SSSR count). The molecule has 2 aromatic rings. The Bertz CT molecular complexity index is 621. The molecule has 0 bridgehead atoms. The lowest BCUT2D eigenvalue weighted by atomic mass is 10.2. The summed E-state index contributed by atoms with van der Waals surface area (Å²) in [5, 5.41) is 0. The first-order valence-corrected chi connectivity index (χ1v) is 7.72. The van der Waals surface area contributed by atoms with Gasteiger partial charge in [0.1, 0.15) is 0 Å². The first kappa shape index (κ1) is 13.1. The third-order valence-corrected chi connectivity index (χ3v) is 4.62. The molecule has 0 N–H and O–H groups in total. The van der Waals surface area contributed by atoms with Gasteiger partial charge in [-0.3, -0.25) is 0 Å². The van der Waals surface area contributed by atoms with E-state index >= 15 is 0 Å². The number of hydrogen-bond acceptors (Lipinski definition) is 2. The lowest BCUT2D eigenvalue weighted by Gasteiger charge is -2.05. The van der Waals surface area contributed by atoms with Crippen LogP contribution in [0.4, 0.5) is 0 Å². The predicted octanol–water partition coefficient (Wildman–Crippen LogP) is 3.40. The van der Waals surface area contributed by atoms with Crippen LogP contribution in [-0.4, -0.2) is 8.42 Å². The average molecular weight is 281 g/mol. The van der Waals surface area contributed by atoms with Gasteiger partial charge >= 0.3 is 0 Å². The van der Waals surface area contributed by atoms with E-state index < -0.39 is 9.84 Å². The van der Waals surface area contributed by atoms with Crippen molar-refractivity contribution >= 4 is 21.4 Å². The van der Waals surface area contributed by atoms with Gasteiger partial charge in [-0.05, 0) is 23.3 Å². The minimum absolute atomic E-state index is 0.00173. The molecule has 0 saturated carbocycles. The molecule has 0 aromatic heterocycles. The summed E-state index contributed by atoms with van der Waals surface area (Å²) in [6, 6.07) is 15.8. The molecule has 2 nitrogen and oxygen atoms in total. The molecule has 0 atom stereocenters. The maximum Gasteiger partial charge on any atom is 0.182 e. The molecule has 94 valence electrons. The van der Waals surface area contributed by atoms with Gasteiger partial charge in [0.15, 0.2) is 9.84 Å². The normalized spacial score (nSPS) is 11.4. The molecule has 0 aliphatic rings. The number of hydrogen-bond donors (Lipinski definition) is 0. The summed E-state index contributed by atoms with van der Waals surface area (Å²) in [6.07, 6.45) is 0. The van der Waals surface area contributed by atoms with Gasteiger partial charge in [0.05, 0.1) is 10.6 Å². The average Bonchev–Trinajstić information content (AvgIpc) is 2.39. The zero-order valence-corrected chi connectivity index (χ0v) is 11.3. The van der Waals surface area contributed by atoms with Crippen LogP contribution in [0, 0.1) is 0 Å². The van der Waals surface area contributed by atoms with E-state index in [4.69, 9.17) is 11.6 Å². The van der Waals surface area contributed by atoms with Gasteiger partial charge < -0.3 is 0 Å². The number of benzene rings is 2. The zero-order chi connectivity index (χ0) is 13.0. The molecule has 0 amide bonds. The second-order valence-corrected chi connectivity index (χ2v) is 6.28. The van der Waals surface area contributed by atoms with Gasteiger partial charge in [0.25, 0.3) is 0 Å². The maximum absolute atomic E-state index is 12.2. The fourth-order valence-corrected chi connectivity index (χ4v) is 3.26. The monoisotopic (exact) mass is 280 g/mol. The molecular formula is C14H13ClO2S. The summed E-state index contributed by atoms with van der Waals surface area (Å²) < 4.78 is 24.3. The van der Waals surface area contributed by atoms with Crippen molar-refractivity contribution in [3.8, 4) is 0 Å². The van der Waals surface area contributed by atoms with E-state index in [9.17, 15) is 8.42 Å². The highest BCUT2D eigenvalue weighted by Gasteiger charge is 2.14. The Balaban J connectivity index is 2.28. The summed E-state index contributed by atoms with van der Waals surface area (Å²) in [5.41, 5.74) is 1.69. The summed E-state index contributed by atoms with van der Waals surface area (Å²) in [4.78, 5) is 0.348. The lowest BCUT2D eigenvalue weighted by molar-refractivity contribution is 0.595. The number of rotatable bonds is 4. The van der Waals surface area contributed by atoms with Crippen LogP contribution in [0.1, 0.15) is 11.1 Å². The van der Waals surface area contributed by atoms with E-state index in [-0.39, 0.29) is 5.75 Å². The van der Waals surface area contributed by atoms with Crippen LogP contribution < -0.4 is 0 Å². The van der Waals surface area contributed by atoms with Gasteiger partial charge in [-0.25, -0.2) is 8.42 Å². The van der Waals surface area contributed by atoms with Crippen molar-refractivity contribution in [3.05, 3.63) is 65.7 Å². The number of sulfone groups is 1. The molecule has 0 unspecified atom stereocenters. The zero-order valence-electron chi connectivity index (χ0n) is 9.71. The Labute approximate surface area is 112 Å². The molecule has 18 heavy (non-hydrogen) atoms. The smallest absolute Gasteiger partial charge is 0.182 e. The lowest BCUT2D eigenvalue weighted by Crippen LogP contribution is -2.04. The quantitative estimate of drug-likeness (QED) is 0.805. The second-order valence-electron chi connectivity index (χ2n) is 4.03. The summed E-state index contributed by atoms with van der Waals surface area (Å²) >= 11 is 5.74. The molecule has 0 aliphatic heterocycles. The maximum atomic E-state index is 12.2. The molecule has 0 aliphatic carbocycles. The fourth-order valence-electron chi connectivity index (χ4n) is 1.73. The Morgan fingerprint density at radius 2 is 1.56 bits per heavy atom. The first-order valence-electron chi connectivity index (χ1n) is 5.53. The molecule has 0 fully saturated rings. The molecule has 2 aromatic carbocycles. The van der Waals surface area contributed by atoms with Crippen molar-refractivity contribution in [3.63, 3.8) is 0 Å². The molecular weight excluding hydrogens is 268 g/mol. The minimum atomic E-state index is -3.28. The van der Waals surface area contributed by atoms with Crippen LogP contribution >= 0.6 is 11.6 Å². The molecule has 0 spiro atoms. The molecule has 0 radical (unpaired) electrons. The summed E-state index contributed by atoms with van der Waals surface area (Å²) in [5.74, 6) is 0.390. The Kier molecular flexibility index (Phi) is 4.04. The van der Waals surface area contributed by atoms with Crippen molar-refractivity contribution in [1.82, 2.24) is 0 Å². The Morgan fingerprint density at radius 3 is 2.22 bits per heavy atom. The minimum Gasteiger partial charge on any atom is -0.223 e. The van der Waals surface area contributed by atoms with Gasteiger partial charge in [-0.2, -0.15) is 0 Å². The summed E-state index contributed by atoms with van der Waals surface area (Å²) in [6.45, 7) is 0. The van der Waals surface area contributed by atoms with Crippen LogP contribution in [0.25, 0.3) is 0 Å². The first-order chi connectivity index (χ1) is 8.62. The van der Waals surface area contributed by atoms with Crippen LogP contribution in [0.5, 0.6) is 0 Å². The number of alkyl halides is 1. The van der Waals surface area contributed by atoms with Gasteiger partial charge in [-0.1, -0.05) is 42.5 Å². The van der Waals surface area contributed by atoms with Crippen LogP contribution in [0.3, 0.4) is 0 Å². The van der Waals surface area contributed by atoms with Gasteiger partial charge in [-0.15, -0.1) is 11.6 Å². The summed E-state index contributed by atoms with van der Waals surface area (Å²) in [7, 11) is -3.28. The third kappa shape index (κ3) is 3.12. The number of halogens is 1. The van der Waals surface area contributed by atoms with Crippen molar-refractivity contribution in [2.24, 2.45) is 0 Å². The fraction of sp³-hybridized carbons (Fsp3) is 0.143. The van der Waals surface area contributed by atoms with Crippen molar-refractivity contribution < 1.29 is 8.42 Å². The van der Waals surface area contributed by atoms with E-state index in [0.29, 0.717) is 10.8 Å². The molecule has 0 saturated heterocycles. The van der Waals surface area contributed by atoms with Gasteiger partial charge in [0.2, 0.25) is 0 Å². The topological polar surface area (TPSA) is 34.1 Å². The van der Waals surface area contributed by atoms with Crippen LogP contribution in [0.2, 0.25) is 0 Å². The van der Waals surface area contributed by atoms with Crippen molar-refractivity contribution in [1.29, 1.82) is 0 Å². The SMILES string of the molecule is O=S(=O)(Cc1cccc(CCl)c1)c1ccccc1. The third-order valence-electron chi connectivity index (χ3n) is 2.60. The molecule has 4 heteroatoms.